The first kappa shape index (κ1) is 27.2. The van der Waals surface area contributed by atoms with Gasteiger partial charge in [-0.2, -0.15) is 0 Å². The van der Waals surface area contributed by atoms with Gasteiger partial charge in [0.05, 0.1) is 13.1 Å². The molecule has 0 amide bonds. The van der Waals surface area contributed by atoms with Crippen LogP contribution in [-0.4, -0.2) is 4.57 Å². The van der Waals surface area contributed by atoms with Crippen LogP contribution >= 0.6 is 0 Å². The van der Waals surface area contributed by atoms with Crippen molar-refractivity contribution < 1.29 is 4.57 Å². The van der Waals surface area contributed by atoms with Crippen molar-refractivity contribution in [2.24, 2.45) is 0 Å². The summed E-state index contributed by atoms with van der Waals surface area (Å²) in [7, 11) is 0. The smallest absolute Gasteiger partial charge is 0.234 e. The fourth-order valence-electron chi connectivity index (χ4n) is 4.53. The van der Waals surface area contributed by atoms with Gasteiger partial charge in [-0.1, -0.05) is 117 Å². The van der Waals surface area contributed by atoms with Crippen LogP contribution in [0.15, 0.2) is 12.4 Å². The van der Waals surface area contributed by atoms with Crippen LogP contribution in [0, 0.1) is 0 Å². The molecule has 0 aliphatic carbocycles. The number of hydrogen-bond donors (Lipinski definition) is 0. The maximum atomic E-state index is 2.56. The molecule has 30 heavy (non-hydrogen) atoms. The van der Waals surface area contributed by atoms with Gasteiger partial charge in [-0.25, -0.2) is 9.13 Å². The third-order valence-corrected chi connectivity index (χ3v) is 6.60. The molecule has 0 N–H and O–H groups in total. The number of unbranched alkanes of at least 4 members (excludes halogenated alkanes) is 16. The summed E-state index contributed by atoms with van der Waals surface area (Å²) in [4.78, 5) is 0. The third kappa shape index (κ3) is 13.5. The summed E-state index contributed by atoms with van der Waals surface area (Å²) in [6, 6.07) is 0. The first-order valence-electron chi connectivity index (χ1n) is 13.9. The summed E-state index contributed by atoms with van der Waals surface area (Å²) in [6.45, 7) is 9.32. The Morgan fingerprint density at radius 3 is 1.57 bits per heavy atom. The van der Waals surface area contributed by atoms with Gasteiger partial charge in [0.15, 0.2) is 0 Å². The minimum Gasteiger partial charge on any atom is -0.234 e. The average molecular weight is 420 g/mol. The molecule has 2 nitrogen and oxygen atoms in total. The summed E-state index contributed by atoms with van der Waals surface area (Å²) in [5.41, 5.74) is 0. The Morgan fingerprint density at radius 1 is 0.567 bits per heavy atom. The van der Waals surface area contributed by atoms with Gasteiger partial charge in [0.1, 0.15) is 12.4 Å². The highest BCUT2D eigenvalue weighted by atomic mass is 15.1. The maximum absolute atomic E-state index is 2.56. The van der Waals surface area contributed by atoms with Crippen molar-refractivity contribution in [3.05, 3.63) is 18.2 Å². The number of aryl methyl sites for hydroxylation is 2. The van der Waals surface area contributed by atoms with Crippen molar-refractivity contribution in [2.75, 3.05) is 0 Å². The van der Waals surface area contributed by atoms with E-state index in [1.807, 2.05) is 0 Å². The van der Waals surface area contributed by atoms with Crippen molar-refractivity contribution in [2.45, 2.75) is 162 Å². The predicted octanol–water partition coefficient (Wildman–Crippen LogP) is 8.79. The minimum absolute atomic E-state index is 1.20. The van der Waals surface area contributed by atoms with Gasteiger partial charge in [-0.3, -0.25) is 0 Å². The molecule has 176 valence electrons. The molecule has 0 fully saturated rings. The quantitative estimate of drug-likeness (QED) is 0.131. The summed E-state index contributed by atoms with van der Waals surface area (Å²) in [5, 5.41) is 0. The minimum atomic E-state index is 1.20. The molecular formula is C28H55N2+. The van der Waals surface area contributed by atoms with Gasteiger partial charge >= 0.3 is 0 Å². The van der Waals surface area contributed by atoms with Gasteiger partial charge < -0.3 is 0 Å². The number of aromatic nitrogens is 2. The molecule has 1 aromatic heterocycles. The lowest BCUT2D eigenvalue weighted by molar-refractivity contribution is -0.704. The van der Waals surface area contributed by atoms with E-state index in [0.717, 1.165) is 0 Å². The fraction of sp³-hybridized carbons (Fsp3) is 0.893. The van der Waals surface area contributed by atoms with Crippen LogP contribution < -0.4 is 4.57 Å². The van der Waals surface area contributed by atoms with E-state index in [1.54, 1.807) is 5.82 Å². The monoisotopic (exact) mass is 419 g/mol. The molecule has 0 saturated carbocycles. The van der Waals surface area contributed by atoms with Crippen LogP contribution in [0.1, 0.15) is 149 Å². The lowest BCUT2D eigenvalue weighted by Gasteiger charge is -2.06. The van der Waals surface area contributed by atoms with Crippen LogP contribution in [0.2, 0.25) is 0 Å². The van der Waals surface area contributed by atoms with Gasteiger partial charge in [0.2, 0.25) is 0 Å². The van der Waals surface area contributed by atoms with Crippen LogP contribution in [0.4, 0.5) is 0 Å². The summed E-state index contributed by atoms with van der Waals surface area (Å²) >= 11 is 0. The Labute approximate surface area is 189 Å². The van der Waals surface area contributed by atoms with Crippen molar-refractivity contribution in [3.8, 4) is 0 Å². The molecule has 1 aromatic rings. The van der Waals surface area contributed by atoms with E-state index >= 15 is 0 Å². The number of hydrogen-bond acceptors (Lipinski definition) is 0. The van der Waals surface area contributed by atoms with Crippen LogP contribution in [0.5, 0.6) is 0 Å². The van der Waals surface area contributed by atoms with Crippen molar-refractivity contribution in [1.82, 2.24) is 4.57 Å². The summed E-state index contributed by atoms with van der Waals surface area (Å²) in [6.07, 6.45) is 32.7. The van der Waals surface area contributed by atoms with Crippen LogP contribution in [0.3, 0.4) is 0 Å². The lowest BCUT2D eigenvalue weighted by Crippen LogP contribution is -2.37. The topological polar surface area (TPSA) is 8.81 Å². The highest BCUT2D eigenvalue weighted by molar-refractivity contribution is 4.84. The first-order valence-corrected chi connectivity index (χ1v) is 13.9. The Balaban J connectivity index is 2.15. The Kier molecular flexibility index (Phi) is 18.3. The van der Waals surface area contributed by atoms with E-state index in [9.17, 15) is 0 Å². The fourth-order valence-corrected chi connectivity index (χ4v) is 4.53. The molecule has 0 aliphatic heterocycles. The zero-order chi connectivity index (χ0) is 21.7. The van der Waals surface area contributed by atoms with Gasteiger partial charge in [0, 0.05) is 6.42 Å². The van der Waals surface area contributed by atoms with E-state index in [2.05, 4.69) is 42.3 Å². The molecule has 0 aromatic carbocycles. The van der Waals surface area contributed by atoms with Gasteiger partial charge in [0.25, 0.3) is 5.82 Å². The highest BCUT2D eigenvalue weighted by Gasteiger charge is 2.16. The molecular weight excluding hydrogens is 364 g/mol. The lowest BCUT2D eigenvalue weighted by atomic mass is 10.0. The Hall–Kier alpha value is -0.790. The zero-order valence-electron chi connectivity index (χ0n) is 21.1. The summed E-state index contributed by atoms with van der Waals surface area (Å²) < 4.78 is 5.11. The normalized spacial score (nSPS) is 11.4. The van der Waals surface area contributed by atoms with E-state index in [0.29, 0.717) is 0 Å². The Bertz CT molecular complexity index is 477. The predicted molar refractivity (Wildman–Crippen MR) is 133 cm³/mol. The van der Waals surface area contributed by atoms with E-state index in [1.165, 1.54) is 142 Å². The largest absolute Gasteiger partial charge is 0.256 e. The molecule has 1 heterocycles. The second kappa shape index (κ2) is 20.1. The highest BCUT2D eigenvalue weighted by Crippen LogP contribution is 2.13. The molecule has 0 saturated heterocycles. The molecule has 1 rings (SSSR count). The van der Waals surface area contributed by atoms with Gasteiger partial charge in [-0.15, -0.1) is 0 Å². The molecule has 2 heteroatoms. The second-order valence-corrected chi connectivity index (χ2v) is 9.51. The summed E-state index contributed by atoms with van der Waals surface area (Å²) in [5.74, 6) is 1.59. The number of rotatable bonds is 22. The van der Waals surface area contributed by atoms with Crippen molar-refractivity contribution in [3.63, 3.8) is 0 Å². The third-order valence-electron chi connectivity index (χ3n) is 6.60. The maximum Gasteiger partial charge on any atom is 0.256 e. The van der Waals surface area contributed by atoms with E-state index in [4.69, 9.17) is 0 Å². The molecule has 0 spiro atoms. The molecule has 0 unspecified atom stereocenters. The van der Waals surface area contributed by atoms with Crippen LogP contribution in [-0.2, 0) is 19.5 Å². The average Bonchev–Trinajstić information content (AvgIpc) is 3.14. The molecule has 0 bridgehead atoms. The molecule has 0 atom stereocenters. The number of nitrogens with zero attached hydrogens (tertiary/aromatic N) is 2. The van der Waals surface area contributed by atoms with E-state index < -0.39 is 0 Å². The van der Waals surface area contributed by atoms with Crippen molar-refractivity contribution >= 4 is 0 Å². The molecule has 0 aliphatic rings. The first-order chi connectivity index (χ1) is 14.8. The zero-order valence-corrected chi connectivity index (χ0v) is 21.1. The SMILES string of the molecule is CCCCCCCCCCCCCCCc1n(CCCC)cc[n+]1CCCCCC. The van der Waals surface area contributed by atoms with Crippen LogP contribution in [0.25, 0.3) is 0 Å². The molecule has 0 radical (unpaired) electrons. The van der Waals surface area contributed by atoms with E-state index in [-0.39, 0.29) is 0 Å². The Morgan fingerprint density at radius 2 is 1.03 bits per heavy atom. The second-order valence-electron chi connectivity index (χ2n) is 9.51. The standard InChI is InChI=1S/C28H55N2/c1-4-7-10-12-13-14-15-16-17-18-19-20-21-23-28-29(24-9-6-3)26-27-30(28)25-22-11-8-5-2/h26-27H,4-25H2,1-3H3/q+1. The van der Waals surface area contributed by atoms with Gasteiger partial charge in [-0.05, 0) is 25.7 Å². The number of imidazole rings is 1. The van der Waals surface area contributed by atoms with Crippen molar-refractivity contribution in [1.29, 1.82) is 0 Å².